The lowest BCUT2D eigenvalue weighted by molar-refractivity contribution is 0.287. The maximum Gasteiger partial charge on any atom is 0.124 e. The van der Waals surface area contributed by atoms with Crippen LogP contribution in [-0.2, 0) is 13.2 Å². The Kier molecular flexibility index (Phi) is 6.17. The molecular formula is C20H23N3OS. The minimum atomic E-state index is 0.539. The second-order valence-corrected chi connectivity index (χ2v) is 6.86. The van der Waals surface area contributed by atoms with Crippen molar-refractivity contribution in [3.05, 3.63) is 71.2 Å². The third-order valence-electron chi connectivity index (χ3n) is 3.92. The number of nitrogens with zero attached hydrogens (tertiary/aromatic N) is 2. The summed E-state index contributed by atoms with van der Waals surface area (Å²) in [5.41, 5.74) is 9.08. The first-order valence-corrected chi connectivity index (χ1v) is 9.22. The molecule has 3 aromatic rings. The van der Waals surface area contributed by atoms with Crippen LogP contribution in [0, 0.1) is 0 Å². The van der Waals surface area contributed by atoms with Crippen molar-refractivity contribution in [2.24, 2.45) is 5.73 Å². The molecule has 25 heavy (non-hydrogen) atoms. The summed E-state index contributed by atoms with van der Waals surface area (Å²) in [6.07, 6.45) is 1.83. The molecule has 0 aliphatic carbocycles. The van der Waals surface area contributed by atoms with Crippen molar-refractivity contribution in [3.63, 3.8) is 0 Å². The molecule has 3 rings (SSSR count). The molecule has 2 N–H and O–H groups in total. The highest BCUT2D eigenvalue weighted by Crippen LogP contribution is 2.24. The molecule has 2 aromatic carbocycles. The number of likely N-dealkylation sites (N-methyl/N-ethyl adjacent to an activating group) is 1. The first-order chi connectivity index (χ1) is 12.3. The molecule has 0 spiro atoms. The summed E-state index contributed by atoms with van der Waals surface area (Å²) in [7, 11) is 2.07. The Morgan fingerprint density at radius 1 is 1.16 bits per heavy atom. The number of hydrogen-bond donors (Lipinski definition) is 1. The zero-order valence-corrected chi connectivity index (χ0v) is 15.2. The van der Waals surface area contributed by atoms with E-state index in [1.807, 2.05) is 29.8 Å². The van der Waals surface area contributed by atoms with Crippen LogP contribution in [0.2, 0.25) is 0 Å². The van der Waals surface area contributed by atoms with E-state index in [2.05, 4.69) is 47.3 Å². The zero-order chi connectivity index (χ0) is 17.5. The quantitative estimate of drug-likeness (QED) is 0.670. The van der Waals surface area contributed by atoms with E-state index in [4.69, 9.17) is 10.5 Å². The van der Waals surface area contributed by atoms with Gasteiger partial charge >= 0.3 is 0 Å². The number of thiazole rings is 1. The fourth-order valence-electron chi connectivity index (χ4n) is 2.69. The van der Waals surface area contributed by atoms with Crippen molar-refractivity contribution >= 4 is 11.3 Å². The lowest BCUT2D eigenvalue weighted by Gasteiger charge is -2.18. The maximum absolute atomic E-state index is 6.10. The minimum absolute atomic E-state index is 0.539. The number of ether oxygens (including phenoxy) is 1. The lowest BCUT2D eigenvalue weighted by Crippen LogP contribution is -2.25. The summed E-state index contributed by atoms with van der Waals surface area (Å²) >= 11 is 1.65. The predicted octanol–water partition coefficient (Wildman–Crippen LogP) is 3.78. The van der Waals surface area contributed by atoms with E-state index in [1.54, 1.807) is 11.3 Å². The smallest absolute Gasteiger partial charge is 0.124 e. The van der Waals surface area contributed by atoms with Crippen LogP contribution in [0.4, 0.5) is 0 Å². The zero-order valence-electron chi connectivity index (χ0n) is 14.4. The van der Waals surface area contributed by atoms with Crippen LogP contribution in [0.5, 0.6) is 5.75 Å². The molecule has 0 radical (unpaired) electrons. The molecule has 1 heterocycles. The Labute approximate surface area is 152 Å². The van der Waals surface area contributed by atoms with Crippen molar-refractivity contribution in [2.75, 3.05) is 20.1 Å². The van der Waals surface area contributed by atoms with E-state index >= 15 is 0 Å². The highest BCUT2D eigenvalue weighted by atomic mass is 32.1. The molecule has 0 atom stereocenters. The van der Waals surface area contributed by atoms with Crippen LogP contribution in [0.25, 0.3) is 10.6 Å². The summed E-state index contributed by atoms with van der Waals surface area (Å²) in [5, 5.41) is 3.03. The van der Waals surface area contributed by atoms with E-state index in [0.717, 1.165) is 35.0 Å². The number of benzene rings is 2. The lowest BCUT2D eigenvalue weighted by atomic mass is 10.1. The van der Waals surface area contributed by atoms with Crippen molar-refractivity contribution < 1.29 is 4.74 Å². The van der Waals surface area contributed by atoms with Crippen molar-refractivity contribution in [3.8, 4) is 16.3 Å². The number of hydrogen-bond acceptors (Lipinski definition) is 5. The summed E-state index contributed by atoms with van der Waals surface area (Å²) in [6, 6.07) is 16.5. The Morgan fingerprint density at radius 3 is 2.84 bits per heavy atom. The van der Waals surface area contributed by atoms with Gasteiger partial charge in [-0.2, -0.15) is 0 Å². The normalized spacial score (nSPS) is 11.0. The molecule has 0 fully saturated rings. The van der Waals surface area contributed by atoms with Crippen LogP contribution in [0.1, 0.15) is 11.1 Å². The number of aromatic nitrogens is 1. The second-order valence-electron chi connectivity index (χ2n) is 5.96. The first-order valence-electron chi connectivity index (χ1n) is 8.34. The third-order valence-corrected chi connectivity index (χ3v) is 4.75. The Balaban J connectivity index is 1.69. The molecule has 0 unspecified atom stereocenters. The molecule has 130 valence electrons. The molecule has 0 saturated heterocycles. The summed E-state index contributed by atoms with van der Waals surface area (Å²) < 4.78 is 6.10. The van der Waals surface area contributed by atoms with Crippen LogP contribution >= 0.6 is 11.3 Å². The fraction of sp³-hybridized carbons (Fsp3) is 0.250. The van der Waals surface area contributed by atoms with Gasteiger partial charge in [0.15, 0.2) is 0 Å². The van der Waals surface area contributed by atoms with Crippen LogP contribution in [0.3, 0.4) is 0 Å². The standard InChI is InChI=1S/C20H23N3OS/c1-23(11-9-21)14-18-6-2-3-8-19(18)24-15-16-5-4-7-17(13-16)20-22-10-12-25-20/h2-8,10,12-13H,9,11,14-15,21H2,1H3. The van der Waals surface area contributed by atoms with Crippen LogP contribution in [-0.4, -0.2) is 30.0 Å². The Morgan fingerprint density at radius 2 is 2.04 bits per heavy atom. The Bertz CT molecular complexity index is 789. The largest absolute Gasteiger partial charge is 0.489 e. The number of para-hydroxylation sites is 1. The third kappa shape index (κ3) is 4.89. The van der Waals surface area contributed by atoms with E-state index in [9.17, 15) is 0 Å². The van der Waals surface area contributed by atoms with Gasteiger partial charge in [-0.3, -0.25) is 0 Å². The SMILES string of the molecule is CN(CCN)Cc1ccccc1OCc1cccc(-c2nccs2)c1. The second kappa shape index (κ2) is 8.76. The summed E-state index contributed by atoms with van der Waals surface area (Å²) in [6.45, 7) is 2.89. The van der Waals surface area contributed by atoms with Gasteiger partial charge in [0.25, 0.3) is 0 Å². The summed E-state index contributed by atoms with van der Waals surface area (Å²) in [4.78, 5) is 6.57. The van der Waals surface area contributed by atoms with Crippen molar-refractivity contribution in [1.29, 1.82) is 0 Å². The van der Waals surface area contributed by atoms with Gasteiger partial charge in [-0.1, -0.05) is 36.4 Å². The van der Waals surface area contributed by atoms with Gasteiger partial charge in [-0.25, -0.2) is 4.98 Å². The molecular weight excluding hydrogens is 330 g/mol. The van der Waals surface area contributed by atoms with Gasteiger partial charge in [-0.15, -0.1) is 11.3 Å². The highest BCUT2D eigenvalue weighted by molar-refractivity contribution is 7.13. The topological polar surface area (TPSA) is 51.4 Å². The molecule has 1 aromatic heterocycles. The molecule has 0 amide bonds. The molecule has 5 heteroatoms. The van der Waals surface area contributed by atoms with Gasteiger partial charge in [0, 0.05) is 42.3 Å². The molecule has 0 aliphatic heterocycles. The van der Waals surface area contributed by atoms with Crippen LogP contribution < -0.4 is 10.5 Å². The van der Waals surface area contributed by atoms with E-state index < -0.39 is 0 Å². The van der Waals surface area contributed by atoms with Gasteiger partial charge in [0.1, 0.15) is 17.4 Å². The van der Waals surface area contributed by atoms with Gasteiger partial charge in [0.05, 0.1) is 0 Å². The van der Waals surface area contributed by atoms with E-state index in [-0.39, 0.29) is 0 Å². The van der Waals surface area contributed by atoms with Crippen molar-refractivity contribution in [1.82, 2.24) is 9.88 Å². The summed E-state index contributed by atoms with van der Waals surface area (Å²) in [5.74, 6) is 0.922. The average molecular weight is 353 g/mol. The maximum atomic E-state index is 6.10. The molecule has 0 aliphatic rings. The first kappa shape index (κ1) is 17.6. The molecule has 0 bridgehead atoms. The van der Waals surface area contributed by atoms with E-state index in [0.29, 0.717) is 13.2 Å². The average Bonchev–Trinajstić information content (AvgIpc) is 3.16. The molecule has 0 saturated carbocycles. The van der Waals surface area contributed by atoms with Gasteiger partial charge in [-0.05, 0) is 24.7 Å². The molecule has 4 nitrogen and oxygen atoms in total. The number of nitrogens with two attached hydrogens (primary N) is 1. The Hall–Kier alpha value is -2.21. The predicted molar refractivity (Wildman–Crippen MR) is 104 cm³/mol. The van der Waals surface area contributed by atoms with Gasteiger partial charge < -0.3 is 15.4 Å². The monoisotopic (exact) mass is 353 g/mol. The van der Waals surface area contributed by atoms with Crippen molar-refractivity contribution in [2.45, 2.75) is 13.2 Å². The fourth-order valence-corrected chi connectivity index (χ4v) is 3.32. The van der Waals surface area contributed by atoms with E-state index in [1.165, 1.54) is 5.56 Å². The minimum Gasteiger partial charge on any atom is -0.489 e. The van der Waals surface area contributed by atoms with Crippen LogP contribution in [0.15, 0.2) is 60.1 Å². The number of rotatable bonds is 8. The van der Waals surface area contributed by atoms with Gasteiger partial charge in [0.2, 0.25) is 0 Å². The highest BCUT2D eigenvalue weighted by Gasteiger charge is 2.07.